The molecule has 1 aromatic carbocycles. The maximum atomic E-state index is 10.5. The van der Waals surface area contributed by atoms with E-state index in [0.29, 0.717) is 0 Å². The van der Waals surface area contributed by atoms with Crippen LogP contribution >= 0.6 is 11.8 Å². The summed E-state index contributed by atoms with van der Waals surface area (Å²) < 4.78 is 0. The van der Waals surface area contributed by atoms with Gasteiger partial charge in [-0.15, -0.1) is 11.8 Å². The molecule has 0 bridgehead atoms. The van der Waals surface area contributed by atoms with Crippen LogP contribution in [0.5, 0.6) is 0 Å². The molecule has 4 nitrogen and oxygen atoms in total. The number of fused-ring (bicyclic) bond motifs is 1. The summed E-state index contributed by atoms with van der Waals surface area (Å²) in [5, 5.41) is 8.60. The Bertz CT molecular complexity index is 560. The Labute approximate surface area is 96.4 Å². The fourth-order valence-corrected chi connectivity index (χ4v) is 2.23. The molecule has 0 spiro atoms. The van der Waals surface area contributed by atoms with E-state index in [0.717, 1.165) is 27.6 Å². The van der Waals surface area contributed by atoms with Crippen LogP contribution in [-0.2, 0) is 4.79 Å². The SMILES string of the molecule is CSc1c(/C=C/C(=O)O)ccc2[nH]cnc12. The highest BCUT2D eigenvalue weighted by Crippen LogP contribution is 2.28. The van der Waals surface area contributed by atoms with Crippen LogP contribution < -0.4 is 0 Å². The van der Waals surface area contributed by atoms with E-state index in [1.807, 2.05) is 18.4 Å². The minimum Gasteiger partial charge on any atom is -0.478 e. The summed E-state index contributed by atoms with van der Waals surface area (Å²) in [4.78, 5) is 18.7. The zero-order chi connectivity index (χ0) is 11.5. The molecule has 2 N–H and O–H groups in total. The molecule has 0 saturated heterocycles. The fraction of sp³-hybridized carbons (Fsp3) is 0.0909. The monoisotopic (exact) mass is 234 g/mol. The number of H-pyrrole nitrogens is 1. The molecular formula is C11H10N2O2S. The second-order valence-corrected chi connectivity index (χ2v) is 3.97. The summed E-state index contributed by atoms with van der Waals surface area (Å²) in [6.07, 6.45) is 6.30. The molecule has 82 valence electrons. The number of rotatable bonds is 3. The van der Waals surface area contributed by atoms with Crippen LogP contribution in [0.15, 0.2) is 29.4 Å². The van der Waals surface area contributed by atoms with Gasteiger partial charge in [-0.3, -0.25) is 0 Å². The molecule has 0 radical (unpaired) electrons. The molecular weight excluding hydrogens is 224 g/mol. The largest absolute Gasteiger partial charge is 0.478 e. The number of carboxylic acid groups (broad SMARTS) is 1. The zero-order valence-corrected chi connectivity index (χ0v) is 9.41. The highest BCUT2D eigenvalue weighted by molar-refractivity contribution is 7.98. The fourth-order valence-electron chi connectivity index (χ4n) is 1.50. The lowest BCUT2D eigenvalue weighted by molar-refractivity contribution is -0.131. The number of aromatic amines is 1. The summed E-state index contributed by atoms with van der Waals surface area (Å²) >= 11 is 1.55. The third-order valence-electron chi connectivity index (χ3n) is 2.19. The summed E-state index contributed by atoms with van der Waals surface area (Å²) in [5.41, 5.74) is 2.70. The molecule has 2 rings (SSSR count). The summed E-state index contributed by atoms with van der Waals surface area (Å²) in [7, 11) is 0. The minimum atomic E-state index is -0.950. The van der Waals surface area contributed by atoms with E-state index in [4.69, 9.17) is 5.11 Å². The van der Waals surface area contributed by atoms with Crippen LogP contribution in [0, 0.1) is 0 Å². The van der Waals surface area contributed by atoms with Crippen molar-refractivity contribution in [2.45, 2.75) is 4.90 Å². The molecule has 0 aliphatic heterocycles. The second kappa shape index (κ2) is 4.40. The third-order valence-corrected chi connectivity index (χ3v) is 3.02. The number of imidazole rings is 1. The zero-order valence-electron chi connectivity index (χ0n) is 8.60. The molecule has 0 saturated carbocycles. The Kier molecular flexibility index (Phi) is 2.96. The number of aromatic nitrogens is 2. The number of hydrogen-bond donors (Lipinski definition) is 2. The standard InChI is InChI=1S/C11H10N2O2S/c1-16-11-7(3-5-9(14)15)2-4-8-10(11)13-6-12-8/h2-6H,1H3,(H,12,13)(H,14,15)/b5-3+. The van der Waals surface area contributed by atoms with Crippen molar-refractivity contribution in [1.82, 2.24) is 9.97 Å². The van der Waals surface area contributed by atoms with Gasteiger partial charge in [0.25, 0.3) is 0 Å². The number of carbonyl (C=O) groups is 1. The van der Waals surface area contributed by atoms with Crippen LogP contribution in [0.1, 0.15) is 5.56 Å². The van der Waals surface area contributed by atoms with Crippen LogP contribution in [-0.4, -0.2) is 27.3 Å². The van der Waals surface area contributed by atoms with Gasteiger partial charge in [0.15, 0.2) is 0 Å². The van der Waals surface area contributed by atoms with Crippen molar-refractivity contribution in [3.8, 4) is 0 Å². The average molecular weight is 234 g/mol. The first-order valence-corrected chi connectivity index (χ1v) is 5.86. The van der Waals surface area contributed by atoms with Gasteiger partial charge in [0, 0.05) is 11.0 Å². The van der Waals surface area contributed by atoms with Gasteiger partial charge in [-0.1, -0.05) is 6.07 Å². The molecule has 0 fully saturated rings. The third kappa shape index (κ3) is 1.94. The van der Waals surface area contributed by atoms with Crippen LogP contribution in [0.2, 0.25) is 0 Å². The number of nitrogens with one attached hydrogen (secondary N) is 1. The van der Waals surface area contributed by atoms with Gasteiger partial charge in [-0.2, -0.15) is 0 Å². The van der Waals surface area contributed by atoms with Crippen LogP contribution in [0.3, 0.4) is 0 Å². The van der Waals surface area contributed by atoms with Gasteiger partial charge in [-0.05, 0) is 24.0 Å². The predicted octanol–water partition coefficient (Wildman–Crippen LogP) is 2.38. The highest BCUT2D eigenvalue weighted by Gasteiger charge is 2.06. The van der Waals surface area contributed by atoms with Crippen molar-refractivity contribution in [3.05, 3.63) is 30.1 Å². The van der Waals surface area contributed by atoms with E-state index in [-0.39, 0.29) is 0 Å². The Hall–Kier alpha value is -1.75. The molecule has 0 atom stereocenters. The van der Waals surface area contributed by atoms with Crippen molar-refractivity contribution in [1.29, 1.82) is 0 Å². The summed E-state index contributed by atoms with van der Waals surface area (Å²) in [6.45, 7) is 0. The smallest absolute Gasteiger partial charge is 0.328 e. The van der Waals surface area contributed by atoms with E-state index in [2.05, 4.69) is 9.97 Å². The molecule has 0 amide bonds. The molecule has 0 aliphatic carbocycles. The van der Waals surface area contributed by atoms with Gasteiger partial charge < -0.3 is 10.1 Å². The van der Waals surface area contributed by atoms with Crippen molar-refractivity contribution >= 4 is 34.8 Å². The van der Waals surface area contributed by atoms with Crippen LogP contribution in [0.25, 0.3) is 17.1 Å². The van der Waals surface area contributed by atoms with E-state index in [1.54, 1.807) is 24.2 Å². The lowest BCUT2D eigenvalue weighted by atomic mass is 10.2. The second-order valence-electron chi connectivity index (χ2n) is 3.16. The highest BCUT2D eigenvalue weighted by atomic mass is 32.2. The van der Waals surface area contributed by atoms with Gasteiger partial charge >= 0.3 is 5.97 Å². The van der Waals surface area contributed by atoms with Crippen molar-refractivity contribution in [2.75, 3.05) is 6.26 Å². The minimum absolute atomic E-state index is 0.870. The number of carboxylic acids is 1. The molecule has 0 aliphatic rings. The van der Waals surface area contributed by atoms with E-state index < -0.39 is 5.97 Å². The normalized spacial score (nSPS) is 11.3. The Morgan fingerprint density at radius 1 is 1.56 bits per heavy atom. The van der Waals surface area contributed by atoms with E-state index in [1.165, 1.54) is 0 Å². The average Bonchev–Trinajstić information content (AvgIpc) is 2.73. The number of hydrogen-bond acceptors (Lipinski definition) is 3. The molecule has 0 unspecified atom stereocenters. The maximum absolute atomic E-state index is 10.5. The predicted molar refractivity (Wildman–Crippen MR) is 64.5 cm³/mol. The van der Waals surface area contributed by atoms with Gasteiger partial charge in [0.1, 0.15) is 5.52 Å². The Morgan fingerprint density at radius 2 is 2.38 bits per heavy atom. The van der Waals surface area contributed by atoms with Crippen LogP contribution in [0.4, 0.5) is 0 Å². The van der Waals surface area contributed by atoms with Gasteiger partial charge in [-0.25, -0.2) is 9.78 Å². The molecule has 1 aromatic heterocycles. The Morgan fingerprint density at radius 3 is 3.06 bits per heavy atom. The number of nitrogens with zero attached hydrogens (tertiary/aromatic N) is 1. The number of benzene rings is 1. The number of thioether (sulfide) groups is 1. The van der Waals surface area contributed by atoms with Gasteiger partial charge in [0.2, 0.25) is 0 Å². The first-order chi connectivity index (χ1) is 7.72. The van der Waals surface area contributed by atoms with E-state index in [9.17, 15) is 4.79 Å². The molecule has 5 heteroatoms. The first kappa shape index (κ1) is 10.8. The van der Waals surface area contributed by atoms with Crippen molar-refractivity contribution in [2.24, 2.45) is 0 Å². The Balaban J connectivity index is 2.56. The molecule has 1 heterocycles. The topological polar surface area (TPSA) is 66.0 Å². The quantitative estimate of drug-likeness (QED) is 0.632. The van der Waals surface area contributed by atoms with Gasteiger partial charge in [0.05, 0.1) is 11.8 Å². The molecule has 16 heavy (non-hydrogen) atoms. The van der Waals surface area contributed by atoms with E-state index >= 15 is 0 Å². The van der Waals surface area contributed by atoms with Crippen molar-refractivity contribution in [3.63, 3.8) is 0 Å². The molecule has 2 aromatic rings. The first-order valence-electron chi connectivity index (χ1n) is 4.63. The maximum Gasteiger partial charge on any atom is 0.328 e. The summed E-state index contributed by atoms with van der Waals surface area (Å²) in [5.74, 6) is -0.950. The summed E-state index contributed by atoms with van der Waals surface area (Å²) in [6, 6.07) is 3.77. The van der Waals surface area contributed by atoms with Crippen molar-refractivity contribution < 1.29 is 9.90 Å². The lowest BCUT2D eigenvalue weighted by Crippen LogP contribution is -1.87. The number of aliphatic carboxylic acids is 1. The lowest BCUT2D eigenvalue weighted by Gasteiger charge is -2.03.